The smallest absolute Gasteiger partial charge is 0.262 e. The molecule has 0 fully saturated rings. The van der Waals surface area contributed by atoms with Gasteiger partial charge in [0.2, 0.25) is 0 Å². The third-order valence-corrected chi connectivity index (χ3v) is 6.82. The summed E-state index contributed by atoms with van der Waals surface area (Å²) in [6.07, 6.45) is 4.14. The molecule has 0 unspecified atom stereocenters. The van der Waals surface area contributed by atoms with Crippen molar-refractivity contribution in [2.24, 2.45) is 0 Å². The van der Waals surface area contributed by atoms with Gasteiger partial charge in [-0.3, -0.25) is 4.79 Å². The van der Waals surface area contributed by atoms with Crippen LogP contribution in [0.2, 0.25) is 0 Å². The largest absolute Gasteiger partial charge is 0.489 e. The summed E-state index contributed by atoms with van der Waals surface area (Å²) in [5.74, 6) is 1.51. The number of ether oxygens (including phenoxy) is 2. The minimum Gasteiger partial charge on any atom is -0.489 e. The minimum absolute atomic E-state index is 0.0592. The van der Waals surface area contributed by atoms with Gasteiger partial charge in [-0.25, -0.2) is 0 Å². The van der Waals surface area contributed by atoms with E-state index in [0.29, 0.717) is 6.61 Å². The summed E-state index contributed by atoms with van der Waals surface area (Å²) in [6, 6.07) is 29.4. The maximum absolute atomic E-state index is 11.9. The van der Waals surface area contributed by atoms with Crippen molar-refractivity contribution in [2.45, 2.75) is 26.4 Å². The molecule has 0 spiro atoms. The zero-order valence-electron chi connectivity index (χ0n) is 20.2. The summed E-state index contributed by atoms with van der Waals surface area (Å²) in [5, 5.41) is 2.95. The number of carbonyl (C=O) groups is 1. The molecule has 0 saturated carbocycles. The van der Waals surface area contributed by atoms with Crippen LogP contribution in [0.15, 0.2) is 84.9 Å². The lowest BCUT2D eigenvalue weighted by Crippen LogP contribution is -2.25. The Morgan fingerprint density at radius 3 is 2.56 bits per heavy atom. The van der Waals surface area contributed by atoms with E-state index in [4.69, 9.17) is 9.47 Å². The SMILES string of the molecule is Cc1cc(/C=C2/c3ccccc3CCc3cc(OCc4ccccc4)ccc32)cc2c1OCC(=O)N2. The molecule has 1 amide bonds. The number of aryl methyl sites for hydroxylation is 3. The molecular formula is C32H27NO3. The number of anilines is 1. The Morgan fingerprint density at radius 1 is 0.889 bits per heavy atom. The number of amides is 1. The molecule has 0 radical (unpaired) electrons. The van der Waals surface area contributed by atoms with Crippen LogP contribution in [-0.4, -0.2) is 12.5 Å². The highest BCUT2D eigenvalue weighted by molar-refractivity contribution is 5.98. The second-order valence-corrected chi connectivity index (χ2v) is 9.36. The summed E-state index contributed by atoms with van der Waals surface area (Å²) in [6.45, 7) is 2.62. The number of fused-ring (bicyclic) bond motifs is 3. The molecule has 4 aromatic rings. The fourth-order valence-corrected chi connectivity index (χ4v) is 5.10. The van der Waals surface area contributed by atoms with Crippen molar-refractivity contribution in [3.05, 3.63) is 124 Å². The molecule has 36 heavy (non-hydrogen) atoms. The number of hydrogen-bond donors (Lipinski definition) is 1. The first-order chi connectivity index (χ1) is 17.6. The molecule has 1 N–H and O–H groups in total. The fraction of sp³-hybridized carbons (Fsp3) is 0.156. The van der Waals surface area contributed by atoms with Crippen LogP contribution >= 0.6 is 0 Å². The Morgan fingerprint density at radius 2 is 1.67 bits per heavy atom. The van der Waals surface area contributed by atoms with Crippen LogP contribution in [-0.2, 0) is 24.2 Å². The van der Waals surface area contributed by atoms with Crippen LogP contribution in [0, 0.1) is 6.92 Å². The number of carbonyl (C=O) groups excluding carboxylic acids is 1. The second-order valence-electron chi connectivity index (χ2n) is 9.36. The maximum Gasteiger partial charge on any atom is 0.262 e. The molecule has 0 aromatic heterocycles. The molecule has 1 heterocycles. The van der Waals surface area contributed by atoms with Crippen molar-refractivity contribution in [3.63, 3.8) is 0 Å². The average molecular weight is 474 g/mol. The highest BCUT2D eigenvalue weighted by atomic mass is 16.5. The van der Waals surface area contributed by atoms with Crippen LogP contribution in [0.25, 0.3) is 11.6 Å². The Kier molecular flexibility index (Phi) is 5.78. The molecule has 1 aliphatic heterocycles. The third-order valence-electron chi connectivity index (χ3n) is 6.82. The monoisotopic (exact) mass is 473 g/mol. The molecule has 4 aromatic carbocycles. The van der Waals surface area contributed by atoms with Crippen molar-refractivity contribution in [1.29, 1.82) is 0 Å². The third kappa shape index (κ3) is 4.38. The van der Waals surface area contributed by atoms with Gasteiger partial charge in [-0.1, -0.05) is 60.7 Å². The lowest BCUT2D eigenvalue weighted by Gasteiger charge is -2.21. The quantitative estimate of drug-likeness (QED) is 0.364. The number of nitrogens with one attached hydrogen (secondary N) is 1. The standard InChI is InChI=1S/C32H27NO3/c1-21-15-23(17-30-32(21)36-20-31(34)33-30)16-29-27-10-6-5-9-24(27)11-12-25-18-26(13-14-28(25)29)35-19-22-7-3-2-4-8-22/h2-10,13-18H,11-12,19-20H2,1H3,(H,33,34)/b29-16-. The van der Waals surface area contributed by atoms with E-state index < -0.39 is 0 Å². The molecule has 0 bridgehead atoms. The van der Waals surface area contributed by atoms with E-state index in [1.54, 1.807) is 0 Å². The van der Waals surface area contributed by atoms with Crippen molar-refractivity contribution in [1.82, 2.24) is 0 Å². The first-order valence-electron chi connectivity index (χ1n) is 12.3. The minimum atomic E-state index is -0.125. The van der Waals surface area contributed by atoms with Crippen LogP contribution in [0.3, 0.4) is 0 Å². The van der Waals surface area contributed by atoms with Crippen molar-refractivity contribution in [2.75, 3.05) is 11.9 Å². The normalized spacial score (nSPS) is 15.1. The number of hydrogen-bond acceptors (Lipinski definition) is 3. The van der Waals surface area contributed by atoms with Gasteiger partial charge < -0.3 is 14.8 Å². The van der Waals surface area contributed by atoms with E-state index in [-0.39, 0.29) is 12.5 Å². The molecule has 4 heteroatoms. The van der Waals surface area contributed by atoms with Gasteiger partial charge in [0.25, 0.3) is 5.91 Å². The summed E-state index contributed by atoms with van der Waals surface area (Å²) in [7, 11) is 0. The van der Waals surface area contributed by atoms with E-state index in [9.17, 15) is 4.79 Å². The molecule has 4 nitrogen and oxygen atoms in total. The Labute approximate surface area is 211 Å². The van der Waals surface area contributed by atoms with Crippen LogP contribution in [0.5, 0.6) is 11.5 Å². The summed E-state index contributed by atoms with van der Waals surface area (Å²) < 4.78 is 11.8. The van der Waals surface area contributed by atoms with Gasteiger partial charge in [-0.05, 0) is 94.6 Å². The van der Waals surface area contributed by atoms with E-state index in [1.807, 2.05) is 31.2 Å². The number of rotatable bonds is 4. The zero-order valence-corrected chi connectivity index (χ0v) is 20.2. The lowest BCUT2D eigenvalue weighted by molar-refractivity contribution is -0.118. The summed E-state index contributed by atoms with van der Waals surface area (Å²) in [5.41, 5.74) is 10.1. The van der Waals surface area contributed by atoms with E-state index in [2.05, 4.69) is 72.1 Å². The summed E-state index contributed by atoms with van der Waals surface area (Å²) >= 11 is 0. The molecule has 2 aliphatic rings. The molecule has 178 valence electrons. The first kappa shape index (κ1) is 22.2. The topological polar surface area (TPSA) is 47.6 Å². The van der Waals surface area contributed by atoms with Gasteiger partial charge in [-0.2, -0.15) is 0 Å². The van der Waals surface area contributed by atoms with Gasteiger partial charge in [0.15, 0.2) is 6.61 Å². The van der Waals surface area contributed by atoms with Gasteiger partial charge in [0.1, 0.15) is 18.1 Å². The Balaban J connectivity index is 1.41. The maximum atomic E-state index is 11.9. The molecule has 0 saturated heterocycles. The molecule has 0 atom stereocenters. The Bertz CT molecular complexity index is 1490. The fourth-order valence-electron chi connectivity index (χ4n) is 5.10. The lowest BCUT2D eigenvalue weighted by atomic mass is 9.91. The molecule has 1 aliphatic carbocycles. The van der Waals surface area contributed by atoms with Gasteiger partial charge >= 0.3 is 0 Å². The van der Waals surface area contributed by atoms with Gasteiger partial charge in [-0.15, -0.1) is 0 Å². The molecular weight excluding hydrogens is 446 g/mol. The van der Waals surface area contributed by atoms with E-state index in [0.717, 1.165) is 46.7 Å². The van der Waals surface area contributed by atoms with Gasteiger partial charge in [0.05, 0.1) is 5.69 Å². The predicted octanol–water partition coefficient (Wildman–Crippen LogP) is 6.59. The zero-order chi connectivity index (χ0) is 24.5. The number of benzene rings is 4. The average Bonchev–Trinajstić information content (AvgIpc) is 3.05. The highest BCUT2D eigenvalue weighted by Gasteiger charge is 2.21. The van der Waals surface area contributed by atoms with Crippen molar-refractivity contribution >= 4 is 23.2 Å². The predicted molar refractivity (Wildman–Crippen MR) is 143 cm³/mol. The van der Waals surface area contributed by atoms with Gasteiger partial charge in [0, 0.05) is 0 Å². The molecule has 6 rings (SSSR count). The Hall–Kier alpha value is -4.31. The van der Waals surface area contributed by atoms with Crippen molar-refractivity contribution < 1.29 is 14.3 Å². The van der Waals surface area contributed by atoms with Crippen LogP contribution in [0.1, 0.15) is 38.9 Å². The van der Waals surface area contributed by atoms with Crippen molar-refractivity contribution in [3.8, 4) is 11.5 Å². The van der Waals surface area contributed by atoms with Crippen LogP contribution < -0.4 is 14.8 Å². The highest BCUT2D eigenvalue weighted by Crippen LogP contribution is 2.39. The van der Waals surface area contributed by atoms with E-state index >= 15 is 0 Å². The van der Waals surface area contributed by atoms with Crippen LogP contribution in [0.4, 0.5) is 5.69 Å². The summed E-state index contributed by atoms with van der Waals surface area (Å²) in [4.78, 5) is 11.9. The first-order valence-corrected chi connectivity index (χ1v) is 12.3. The van der Waals surface area contributed by atoms with E-state index in [1.165, 1.54) is 27.8 Å². The second kappa shape index (κ2) is 9.38.